The predicted octanol–water partition coefficient (Wildman–Crippen LogP) is 2.16. The number of pyridine rings is 1. The van der Waals surface area contributed by atoms with E-state index < -0.39 is 0 Å². The van der Waals surface area contributed by atoms with Crippen molar-refractivity contribution in [3.63, 3.8) is 0 Å². The molecule has 0 radical (unpaired) electrons. The fraction of sp³-hybridized carbons (Fsp3) is 0.385. The number of halogens is 1. The Morgan fingerprint density at radius 1 is 1.47 bits per heavy atom. The molecule has 0 atom stereocenters. The summed E-state index contributed by atoms with van der Waals surface area (Å²) < 4.78 is 1.98. The Bertz CT molecular complexity index is 502. The third-order valence-corrected chi connectivity index (χ3v) is 2.66. The number of aliphatic imine (C=N–C) groups is 1. The van der Waals surface area contributed by atoms with Crippen LogP contribution < -0.4 is 11.1 Å². The first-order chi connectivity index (χ1) is 8.79. The molecule has 0 aromatic carbocycles. The molecule has 0 aliphatic carbocycles. The van der Waals surface area contributed by atoms with Gasteiger partial charge in [0.25, 0.3) is 0 Å². The van der Waals surface area contributed by atoms with E-state index in [0.29, 0.717) is 12.5 Å². The standard InChI is InChI=1S/C13H19N5.HI/c1-2-3-7-15-13(14)16-9-11-10-18-8-5-4-6-12(18)17-11;/h4-6,8,10H,2-3,7,9H2,1H3,(H3,14,15,16);1H. The molecule has 0 unspecified atom stereocenters. The minimum atomic E-state index is 0. The van der Waals surface area contributed by atoms with Crippen molar-refractivity contribution in [2.24, 2.45) is 10.7 Å². The Morgan fingerprint density at radius 2 is 2.32 bits per heavy atom. The summed E-state index contributed by atoms with van der Waals surface area (Å²) in [7, 11) is 0. The second-order valence-electron chi connectivity index (χ2n) is 4.18. The molecule has 6 heteroatoms. The van der Waals surface area contributed by atoms with Crippen LogP contribution in [0.15, 0.2) is 35.6 Å². The number of guanidine groups is 1. The lowest BCUT2D eigenvalue weighted by atomic mass is 10.3. The molecule has 0 fully saturated rings. The van der Waals surface area contributed by atoms with Gasteiger partial charge in [-0.1, -0.05) is 19.4 Å². The van der Waals surface area contributed by atoms with Crippen LogP contribution in [-0.4, -0.2) is 21.9 Å². The lowest BCUT2D eigenvalue weighted by molar-refractivity contribution is 0.747. The number of fused-ring (bicyclic) bond motifs is 1. The molecule has 0 amide bonds. The second-order valence-corrected chi connectivity index (χ2v) is 4.18. The molecule has 0 saturated carbocycles. The number of unbranched alkanes of at least 4 members (excludes halogenated alkanes) is 1. The molecule has 0 aliphatic heterocycles. The second kappa shape index (κ2) is 7.98. The maximum absolute atomic E-state index is 5.76. The van der Waals surface area contributed by atoms with E-state index >= 15 is 0 Å². The summed E-state index contributed by atoms with van der Waals surface area (Å²) in [5.74, 6) is 0.487. The maximum Gasteiger partial charge on any atom is 0.188 e. The van der Waals surface area contributed by atoms with Crippen LogP contribution in [-0.2, 0) is 6.54 Å². The molecule has 0 saturated heterocycles. The van der Waals surface area contributed by atoms with E-state index in [1.54, 1.807) is 0 Å². The third kappa shape index (κ3) is 4.70. The normalized spacial score (nSPS) is 11.3. The highest BCUT2D eigenvalue weighted by Crippen LogP contribution is 2.05. The Kier molecular flexibility index (Phi) is 6.61. The molecule has 19 heavy (non-hydrogen) atoms. The Labute approximate surface area is 130 Å². The van der Waals surface area contributed by atoms with Crippen molar-refractivity contribution < 1.29 is 0 Å². The van der Waals surface area contributed by atoms with Gasteiger partial charge in [-0.15, -0.1) is 24.0 Å². The van der Waals surface area contributed by atoms with E-state index in [4.69, 9.17) is 5.73 Å². The van der Waals surface area contributed by atoms with Crippen molar-refractivity contribution >= 4 is 35.6 Å². The van der Waals surface area contributed by atoms with Gasteiger partial charge >= 0.3 is 0 Å². The molecule has 104 valence electrons. The Morgan fingerprint density at radius 3 is 3.05 bits per heavy atom. The molecule has 2 aromatic rings. The Balaban J connectivity index is 0.00000180. The number of hydrogen-bond acceptors (Lipinski definition) is 2. The van der Waals surface area contributed by atoms with Crippen LogP contribution in [0, 0.1) is 0 Å². The molecular weight excluding hydrogens is 353 g/mol. The minimum absolute atomic E-state index is 0. The minimum Gasteiger partial charge on any atom is -0.370 e. The lowest BCUT2D eigenvalue weighted by Gasteiger charge is -2.03. The predicted molar refractivity (Wildman–Crippen MR) is 88.8 cm³/mol. The molecule has 0 spiro atoms. The SMILES string of the molecule is CCCCNC(N)=NCc1cn2ccccc2n1.I. The summed E-state index contributed by atoms with van der Waals surface area (Å²) in [6, 6.07) is 5.91. The molecule has 3 N–H and O–H groups in total. The average molecular weight is 373 g/mol. The summed E-state index contributed by atoms with van der Waals surface area (Å²) in [4.78, 5) is 8.72. The smallest absolute Gasteiger partial charge is 0.188 e. The number of nitrogens with zero attached hydrogens (tertiary/aromatic N) is 3. The van der Waals surface area contributed by atoms with Crippen molar-refractivity contribution in [2.75, 3.05) is 6.54 Å². The summed E-state index contributed by atoms with van der Waals surface area (Å²) in [5, 5.41) is 3.08. The van der Waals surface area contributed by atoms with Crippen molar-refractivity contribution in [3.8, 4) is 0 Å². The third-order valence-electron chi connectivity index (χ3n) is 2.66. The van der Waals surface area contributed by atoms with Crippen LogP contribution in [0.25, 0.3) is 5.65 Å². The quantitative estimate of drug-likeness (QED) is 0.365. The van der Waals surface area contributed by atoms with E-state index in [9.17, 15) is 0 Å². The topological polar surface area (TPSA) is 67.7 Å². The number of imidazole rings is 1. The van der Waals surface area contributed by atoms with Gasteiger partial charge in [0, 0.05) is 18.9 Å². The van der Waals surface area contributed by atoms with Crippen molar-refractivity contribution in [3.05, 3.63) is 36.3 Å². The van der Waals surface area contributed by atoms with Crippen LogP contribution >= 0.6 is 24.0 Å². The van der Waals surface area contributed by atoms with Crippen molar-refractivity contribution in [1.29, 1.82) is 0 Å². The van der Waals surface area contributed by atoms with Crippen LogP contribution in [0.1, 0.15) is 25.5 Å². The van der Waals surface area contributed by atoms with Gasteiger partial charge in [-0.25, -0.2) is 9.98 Å². The molecule has 2 aromatic heterocycles. The summed E-state index contributed by atoms with van der Waals surface area (Å²) in [6.07, 6.45) is 6.19. The zero-order valence-corrected chi connectivity index (χ0v) is 13.4. The maximum atomic E-state index is 5.76. The number of nitrogens with two attached hydrogens (primary N) is 1. The first-order valence-electron chi connectivity index (χ1n) is 6.26. The number of aromatic nitrogens is 2. The van der Waals surface area contributed by atoms with E-state index in [1.165, 1.54) is 0 Å². The van der Waals surface area contributed by atoms with E-state index in [-0.39, 0.29) is 24.0 Å². The van der Waals surface area contributed by atoms with Gasteiger partial charge in [0.05, 0.1) is 12.2 Å². The van der Waals surface area contributed by atoms with Gasteiger partial charge in [0.1, 0.15) is 5.65 Å². The van der Waals surface area contributed by atoms with Gasteiger partial charge in [0.2, 0.25) is 0 Å². The molecular formula is C13H20IN5. The summed E-state index contributed by atoms with van der Waals surface area (Å²) in [6.45, 7) is 3.52. The average Bonchev–Trinajstić information content (AvgIpc) is 2.79. The zero-order valence-electron chi connectivity index (χ0n) is 11.0. The zero-order chi connectivity index (χ0) is 12.8. The van der Waals surface area contributed by atoms with Gasteiger partial charge < -0.3 is 15.5 Å². The van der Waals surface area contributed by atoms with Crippen LogP contribution in [0.5, 0.6) is 0 Å². The molecule has 2 heterocycles. The molecule has 0 bridgehead atoms. The summed E-state index contributed by atoms with van der Waals surface area (Å²) >= 11 is 0. The van der Waals surface area contributed by atoms with E-state index in [0.717, 1.165) is 30.7 Å². The van der Waals surface area contributed by atoms with E-state index in [1.807, 2.05) is 35.0 Å². The summed E-state index contributed by atoms with van der Waals surface area (Å²) in [5.41, 5.74) is 7.61. The number of rotatable bonds is 5. The van der Waals surface area contributed by atoms with Crippen molar-refractivity contribution in [1.82, 2.24) is 14.7 Å². The number of hydrogen-bond donors (Lipinski definition) is 2. The van der Waals surface area contributed by atoms with Crippen LogP contribution in [0.2, 0.25) is 0 Å². The van der Waals surface area contributed by atoms with Gasteiger partial charge in [-0.05, 0) is 18.6 Å². The van der Waals surface area contributed by atoms with Gasteiger partial charge in [-0.2, -0.15) is 0 Å². The first kappa shape index (κ1) is 15.7. The first-order valence-corrected chi connectivity index (χ1v) is 6.26. The highest BCUT2D eigenvalue weighted by atomic mass is 127. The molecule has 5 nitrogen and oxygen atoms in total. The lowest BCUT2D eigenvalue weighted by Crippen LogP contribution is -2.32. The van der Waals surface area contributed by atoms with Crippen LogP contribution in [0.3, 0.4) is 0 Å². The van der Waals surface area contributed by atoms with Gasteiger partial charge in [0.15, 0.2) is 5.96 Å². The molecule has 2 rings (SSSR count). The van der Waals surface area contributed by atoms with E-state index in [2.05, 4.69) is 22.2 Å². The monoisotopic (exact) mass is 373 g/mol. The number of nitrogens with one attached hydrogen (secondary N) is 1. The van der Waals surface area contributed by atoms with Gasteiger partial charge in [-0.3, -0.25) is 0 Å². The largest absolute Gasteiger partial charge is 0.370 e. The Hall–Kier alpha value is -1.31. The van der Waals surface area contributed by atoms with Crippen LogP contribution in [0.4, 0.5) is 0 Å². The fourth-order valence-electron chi connectivity index (χ4n) is 1.68. The fourth-order valence-corrected chi connectivity index (χ4v) is 1.68. The highest BCUT2D eigenvalue weighted by molar-refractivity contribution is 14.0. The highest BCUT2D eigenvalue weighted by Gasteiger charge is 1.99. The molecule has 0 aliphatic rings. The van der Waals surface area contributed by atoms with Crippen molar-refractivity contribution in [2.45, 2.75) is 26.3 Å².